The van der Waals surface area contributed by atoms with Gasteiger partial charge in [0.25, 0.3) is 0 Å². The standard InChI is InChI=1S/C28H30F2N2O/c1-31(24-10-6-7-11-25(24)33-2)27-20-14-16-32(17-15-20)28(27)26(19-8-4-3-5-9-19)21-12-13-22(29)23(30)18-21/h3-13,18,20,26-28H,14-17H2,1-2H3/t26-,27+,28+/m0/s1. The summed E-state index contributed by atoms with van der Waals surface area (Å²) < 4.78 is 34.0. The number of ether oxygens (including phenoxy) is 1. The lowest BCUT2D eigenvalue weighted by Gasteiger charge is -2.56. The fraction of sp³-hybridized carbons (Fsp3) is 0.357. The smallest absolute Gasteiger partial charge is 0.159 e. The molecule has 0 amide bonds. The Morgan fingerprint density at radius 1 is 0.879 bits per heavy atom. The van der Waals surface area contributed by atoms with Crippen molar-refractivity contribution in [2.24, 2.45) is 5.92 Å². The van der Waals surface area contributed by atoms with Crippen LogP contribution >= 0.6 is 0 Å². The molecule has 0 N–H and O–H groups in total. The van der Waals surface area contributed by atoms with Gasteiger partial charge in [0.05, 0.1) is 12.8 Å². The molecule has 3 aliphatic heterocycles. The molecule has 3 saturated heterocycles. The zero-order valence-corrected chi connectivity index (χ0v) is 19.1. The van der Waals surface area contributed by atoms with Crippen LogP contribution in [0.2, 0.25) is 0 Å². The predicted octanol–water partition coefficient (Wildman–Crippen LogP) is 5.70. The zero-order chi connectivity index (χ0) is 22.9. The molecule has 3 nitrogen and oxygen atoms in total. The molecule has 0 spiro atoms. The minimum Gasteiger partial charge on any atom is -0.495 e. The minimum atomic E-state index is -0.807. The van der Waals surface area contributed by atoms with Gasteiger partial charge in [0.15, 0.2) is 11.6 Å². The molecule has 6 rings (SSSR count). The van der Waals surface area contributed by atoms with E-state index in [1.54, 1.807) is 13.2 Å². The summed E-state index contributed by atoms with van der Waals surface area (Å²) >= 11 is 0. The van der Waals surface area contributed by atoms with Crippen LogP contribution in [0.5, 0.6) is 5.75 Å². The van der Waals surface area contributed by atoms with Gasteiger partial charge in [-0.1, -0.05) is 48.5 Å². The first-order valence-corrected chi connectivity index (χ1v) is 11.7. The Labute approximate surface area is 194 Å². The van der Waals surface area contributed by atoms with Crippen LogP contribution in [0.15, 0.2) is 72.8 Å². The number of anilines is 1. The second-order valence-corrected chi connectivity index (χ2v) is 9.20. The minimum absolute atomic E-state index is 0.0773. The molecule has 172 valence electrons. The van der Waals surface area contributed by atoms with E-state index in [1.165, 1.54) is 12.1 Å². The fourth-order valence-corrected chi connectivity index (χ4v) is 6.04. The van der Waals surface area contributed by atoms with E-state index in [9.17, 15) is 8.78 Å². The fourth-order valence-electron chi connectivity index (χ4n) is 6.04. The van der Waals surface area contributed by atoms with Gasteiger partial charge in [-0.15, -0.1) is 0 Å². The van der Waals surface area contributed by atoms with Crippen LogP contribution in [-0.4, -0.2) is 44.2 Å². The van der Waals surface area contributed by atoms with Gasteiger partial charge in [-0.2, -0.15) is 0 Å². The lowest BCUT2D eigenvalue weighted by Crippen LogP contribution is -2.65. The SMILES string of the molecule is COc1ccccc1N(C)[C@@H]1C2CCN(CC2)[C@@H]1[C@@H](c1ccccc1)c1ccc(F)c(F)c1. The van der Waals surface area contributed by atoms with E-state index < -0.39 is 11.6 Å². The van der Waals surface area contributed by atoms with E-state index in [0.29, 0.717) is 5.92 Å². The highest BCUT2D eigenvalue weighted by atomic mass is 19.2. The molecule has 0 aromatic heterocycles. The Morgan fingerprint density at radius 2 is 1.58 bits per heavy atom. The highest BCUT2D eigenvalue weighted by molar-refractivity contribution is 5.59. The Kier molecular flexibility index (Phi) is 6.07. The van der Waals surface area contributed by atoms with Crippen LogP contribution in [0, 0.1) is 17.6 Å². The van der Waals surface area contributed by atoms with Crippen LogP contribution < -0.4 is 9.64 Å². The van der Waals surface area contributed by atoms with Crippen molar-refractivity contribution in [3.8, 4) is 5.75 Å². The molecular weight excluding hydrogens is 418 g/mol. The molecule has 0 radical (unpaired) electrons. The number of para-hydroxylation sites is 2. The van der Waals surface area contributed by atoms with Gasteiger partial charge in [-0.25, -0.2) is 8.78 Å². The first-order chi connectivity index (χ1) is 16.1. The number of methoxy groups -OCH3 is 1. The van der Waals surface area contributed by atoms with Crippen molar-refractivity contribution in [1.29, 1.82) is 0 Å². The Bertz CT molecular complexity index is 1100. The Balaban J connectivity index is 1.63. The van der Waals surface area contributed by atoms with Gasteiger partial charge in [0, 0.05) is 25.0 Å². The molecule has 3 heterocycles. The van der Waals surface area contributed by atoms with Crippen LogP contribution in [0.1, 0.15) is 29.9 Å². The maximum absolute atomic E-state index is 14.4. The van der Waals surface area contributed by atoms with Gasteiger partial charge >= 0.3 is 0 Å². The predicted molar refractivity (Wildman–Crippen MR) is 128 cm³/mol. The number of hydrogen-bond donors (Lipinski definition) is 0. The summed E-state index contributed by atoms with van der Waals surface area (Å²) in [5.41, 5.74) is 3.00. The maximum atomic E-state index is 14.4. The number of nitrogens with zero attached hydrogens (tertiary/aromatic N) is 2. The summed E-state index contributed by atoms with van der Waals surface area (Å²) in [6.45, 7) is 2.05. The molecule has 3 aromatic carbocycles. The number of rotatable bonds is 6. The van der Waals surface area contributed by atoms with Gasteiger partial charge in [-0.05, 0) is 67.2 Å². The summed E-state index contributed by atoms with van der Waals surface area (Å²) in [4.78, 5) is 4.91. The zero-order valence-electron chi connectivity index (χ0n) is 19.1. The lowest BCUT2D eigenvalue weighted by atomic mass is 9.70. The first kappa shape index (κ1) is 21.9. The quantitative estimate of drug-likeness (QED) is 0.481. The van der Waals surface area contributed by atoms with Crippen LogP contribution in [-0.2, 0) is 0 Å². The topological polar surface area (TPSA) is 15.7 Å². The van der Waals surface area contributed by atoms with Crippen LogP contribution in [0.4, 0.5) is 14.5 Å². The van der Waals surface area contributed by atoms with Crippen molar-refractivity contribution < 1.29 is 13.5 Å². The molecule has 0 aliphatic carbocycles. The number of benzene rings is 3. The molecule has 33 heavy (non-hydrogen) atoms. The normalized spacial score (nSPS) is 25.0. The number of piperidine rings is 3. The van der Waals surface area contributed by atoms with Crippen molar-refractivity contribution in [3.63, 3.8) is 0 Å². The molecule has 2 bridgehead atoms. The Hall–Kier alpha value is -2.92. The third-order valence-electron chi connectivity index (χ3n) is 7.54. The van der Waals surface area contributed by atoms with E-state index in [-0.39, 0.29) is 18.0 Å². The molecule has 3 aliphatic rings. The van der Waals surface area contributed by atoms with Crippen molar-refractivity contribution in [3.05, 3.63) is 95.6 Å². The number of halogens is 2. The average molecular weight is 449 g/mol. The summed E-state index contributed by atoms with van der Waals surface area (Å²) in [7, 11) is 3.85. The molecular formula is C28H30F2N2O. The third kappa shape index (κ3) is 3.99. The van der Waals surface area contributed by atoms with Crippen molar-refractivity contribution in [2.75, 3.05) is 32.1 Å². The number of likely N-dealkylation sites (N-methyl/N-ethyl adjacent to an activating group) is 1. The van der Waals surface area contributed by atoms with Gasteiger partial charge < -0.3 is 9.64 Å². The molecule has 0 unspecified atom stereocenters. The van der Waals surface area contributed by atoms with Gasteiger partial charge in [0.2, 0.25) is 0 Å². The molecule has 0 saturated carbocycles. The summed E-state index contributed by atoms with van der Waals surface area (Å²) in [5.74, 6) is -0.310. The molecule has 5 heteroatoms. The number of hydrogen-bond acceptors (Lipinski definition) is 3. The van der Waals surface area contributed by atoms with Crippen LogP contribution in [0.25, 0.3) is 0 Å². The largest absolute Gasteiger partial charge is 0.495 e. The van der Waals surface area contributed by atoms with E-state index >= 15 is 0 Å². The van der Waals surface area contributed by atoms with Crippen LogP contribution in [0.3, 0.4) is 0 Å². The van der Waals surface area contributed by atoms with E-state index in [1.807, 2.05) is 36.4 Å². The van der Waals surface area contributed by atoms with Gasteiger partial charge in [0.1, 0.15) is 5.75 Å². The molecule has 3 atom stereocenters. The van der Waals surface area contributed by atoms with E-state index in [0.717, 1.165) is 48.5 Å². The van der Waals surface area contributed by atoms with E-state index in [4.69, 9.17) is 4.74 Å². The van der Waals surface area contributed by atoms with Crippen molar-refractivity contribution in [2.45, 2.75) is 30.8 Å². The highest BCUT2D eigenvalue weighted by Crippen LogP contribution is 2.45. The maximum Gasteiger partial charge on any atom is 0.159 e. The summed E-state index contributed by atoms with van der Waals surface area (Å²) in [6.07, 6.45) is 2.28. The van der Waals surface area contributed by atoms with Crippen molar-refractivity contribution in [1.82, 2.24) is 4.90 Å². The van der Waals surface area contributed by atoms with Crippen molar-refractivity contribution >= 4 is 5.69 Å². The first-order valence-electron chi connectivity index (χ1n) is 11.7. The van der Waals surface area contributed by atoms with Gasteiger partial charge in [-0.3, -0.25) is 4.90 Å². The molecule has 3 aromatic rings. The summed E-state index contributed by atoms with van der Waals surface area (Å²) in [6, 6.07) is 23.1. The second-order valence-electron chi connectivity index (χ2n) is 9.20. The highest BCUT2D eigenvalue weighted by Gasteiger charge is 2.48. The summed E-state index contributed by atoms with van der Waals surface area (Å²) in [5, 5.41) is 0. The second kappa shape index (κ2) is 9.14. The number of fused-ring (bicyclic) bond motifs is 3. The Morgan fingerprint density at radius 3 is 2.27 bits per heavy atom. The average Bonchev–Trinajstić information content (AvgIpc) is 2.87. The van der Waals surface area contributed by atoms with E-state index in [2.05, 4.69) is 35.0 Å². The molecule has 3 fully saturated rings. The third-order valence-corrected chi connectivity index (χ3v) is 7.54. The lowest BCUT2D eigenvalue weighted by molar-refractivity contribution is 0.0184. The monoisotopic (exact) mass is 448 g/mol.